The Bertz CT molecular complexity index is 973. The predicted molar refractivity (Wildman–Crippen MR) is 121 cm³/mol. The molecule has 0 bridgehead atoms. The van der Waals surface area contributed by atoms with E-state index in [0.717, 1.165) is 28.6 Å². The van der Waals surface area contributed by atoms with Gasteiger partial charge in [0.1, 0.15) is 0 Å². The van der Waals surface area contributed by atoms with E-state index in [1.807, 2.05) is 24.3 Å². The number of carbonyl (C=O) groups is 1. The van der Waals surface area contributed by atoms with Crippen molar-refractivity contribution >= 4 is 21.6 Å². The standard InChI is InChI=1S/C22H31N3O5S/c1-6-25(7-2)18-10-8-17(9-11-18)15-23-22(26)16-24(3)31(27,28)19-12-13-20(29-4)21(14-19)30-5/h8-14H,6-7,15-16H2,1-5H3,(H,23,26). The van der Waals surface area contributed by atoms with Crippen LogP contribution in [-0.4, -0.2) is 59.5 Å². The number of carbonyl (C=O) groups excluding carboxylic acids is 1. The first-order valence-corrected chi connectivity index (χ1v) is 11.5. The molecule has 0 saturated heterocycles. The van der Waals surface area contributed by atoms with Crippen molar-refractivity contribution in [2.45, 2.75) is 25.3 Å². The number of hydrogen-bond donors (Lipinski definition) is 1. The number of anilines is 1. The Morgan fingerprint density at radius 1 is 0.968 bits per heavy atom. The fourth-order valence-corrected chi connectivity index (χ4v) is 4.26. The van der Waals surface area contributed by atoms with Crippen molar-refractivity contribution in [2.75, 3.05) is 45.8 Å². The van der Waals surface area contributed by atoms with Crippen LogP contribution in [0.4, 0.5) is 5.69 Å². The molecule has 0 aromatic heterocycles. The van der Waals surface area contributed by atoms with Gasteiger partial charge in [0.2, 0.25) is 15.9 Å². The first-order valence-electron chi connectivity index (χ1n) is 10.1. The maximum absolute atomic E-state index is 12.8. The SMILES string of the molecule is CCN(CC)c1ccc(CNC(=O)CN(C)S(=O)(=O)c2ccc(OC)c(OC)c2)cc1. The van der Waals surface area contributed by atoms with Gasteiger partial charge in [-0.05, 0) is 43.7 Å². The van der Waals surface area contributed by atoms with E-state index in [0.29, 0.717) is 18.0 Å². The molecule has 31 heavy (non-hydrogen) atoms. The van der Waals surface area contributed by atoms with Crippen LogP contribution in [0.3, 0.4) is 0 Å². The van der Waals surface area contributed by atoms with E-state index in [4.69, 9.17) is 9.47 Å². The molecule has 2 aromatic carbocycles. The topological polar surface area (TPSA) is 88.2 Å². The lowest BCUT2D eigenvalue weighted by molar-refractivity contribution is -0.121. The van der Waals surface area contributed by atoms with Gasteiger partial charge >= 0.3 is 0 Å². The summed E-state index contributed by atoms with van der Waals surface area (Å²) in [5, 5.41) is 2.77. The number of likely N-dealkylation sites (N-methyl/N-ethyl adjacent to an activating group) is 1. The number of benzene rings is 2. The maximum atomic E-state index is 12.8. The average Bonchev–Trinajstić information content (AvgIpc) is 2.78. The second kappa shape index (κ2) is 11.0. The van der Waals surface area contributed by atoms with Crippen LogP contribution < -0.4 is 19.7 Å². The normalized spacial score (nSPS) is 11.3. The number of nitrogens with one attached hydrogen (secondary N) is 1. The van der Waals surface area contributed by atoms with Crippen LogP contribution >= 0.6 is 0 Å². The average molecular weight is 450 g/mol. The molecule has 0 heterocycles. The lowest BCUT2D eigenvalue weighted by Gasteiger charge is -2.21. The summed E-state index contributed by atoms with van der Waals surface area (Å²) < 4.78 is 36.9. The summed E-state index contributed by atoms with van der Waals surface area (Å²) >= 11 is 0. The van der Waals surface area contributed by atoms with Crippen LogP contribution in [-0.2, 0) is 21.4 Å². The molecule has 2 rings (SSSR count). The molecule has 1 amide bonds. The number of amides is 1. The zero-order valence-electron chi connectivity index (χ0n) is 18.7. The number of sulfonamides is 1. The molecule has 1 N–H and O–H groups in total. The highest BCUT2D eigenvalue weighted by atomic mass is 32.2. The van der Waals surface area contributed by atoms with E-state index in [1.54, 1.807) is 0 Å². The second-order valence-electron chi connectivity index (χ2n) is 6.89. The van der Waals surface area contributed by atoms with Crippen molar-refractivity contribution in [3.05, 3.63) is 48.0 Å². The Morgan fingerprint density at radius 3 is 2.13 bits per heavy atom. The molecule has 8 nitrogen and oxygen atoms in total. The fourth-order valence-electron chi connectivity index (χ4n) is 3.11. The molecule has 0 fully saturated rings. The van der Waals surface area contributed by atoms with Gasteiger partial charge in [-0.3, -0.25) is 4.79 Å². The van der Waals surface area contributed by atoms with Crippen LogP contribution in [0.2, 0.25) is 0 Å². The van der Waals surface area contributed by atoms with Gasteiger partial charge in [-0.2, -0.15) is 4.31 Å². The van der Waals surface area contributed by atoms with Gasteiger partial charge in [0.25, 0.3) is 0 Å². The minimum Gasteiger partial charge on any atom is -0.493 e. The summed E-state index contributed by atoms with van der Waals surface area (Å²) in [6, 6.07) is 12.3. The molecule has 170 valence electrons. The Labute approximate surface area is 184 Å². The summed E-state index contributed by atoms with van der Waals surface area (Å²) in [6.45, 7) is 6.07. The third kappa shape index (κ3) is 6.11. The summed E-state index contributed by atoms with van der Waals surface area (Å²) in [7, 11) is 0.404. The molecule has 0 aliphatic heterocycles. The minimum atomic E-state index is -3.86. The maximum Gasteiger partial charge on any atom is 0.243 e. The van der Waals surface area contributed by atoms with E-state index in [2.05, 4.69) is 24.1 Å². The van der Waals surface area contributed by atoms with Crippen LogP contribution in [0, 0.1) is 0 Å². The Morgan fingerprint density at radius 2 is 1.58 bits per heavy atom. The molecule has 0 spiro atoms. The zero-order chi connectivity index (χ0) is 23.0. The van der Waals surface area contributed by atoms with Crippen LogP contribution in [0.15, 0.2) is 47.4 Å². The van der Waals surface area contributed by atoms with Gasteiger partial charge in [-0.1, -0.05) is 12.1 Å². The summed E-state index contributed by atoms with van der Waals surface area (Å²) in [6.07, 6.45) is 0. The zero-order valence-corrected chi connectivity index (χ0v) is 19.5. The van der Waals surface area contributed by atoms with Crippen molar-refractivity contribution in [3.63, 3.8) is 0 Å². The second-order valence-corrected chi connectivity index (χ2v) is 8.94. The van der Waals surface area contributed by atoms with Crippen LogP contribution in [0.25, 0.3) is 0 Å². The van der Waals surface area contributed by atoms with Crippen molar-refractivity contribution < 1.29 is 22.7 Å². The van der Waals surface area contributed by atoms with E-state index in [1.165, 1.54) is 39.5 Å². The number of rotatable bonds is 11. The summed E-state index contributed by atoms with van der Waals surface area (Å²) in [5.74, 6) is 0.336. The largest absolute Gasteiger partial charge is 0.493 e. The smallest absolute Gasteiger partial charge is 0.243 e. The summed E-state index contributed by atoms with van der Waals surface area (Å²) in [5.41, 5.74) is 2.07. The van der Waals surface area contributed by atoms with Crippen molar-refractivity contribution in [1.29, 1.82) is 0 Å². The lowest BCUT2D eigenvalue weighted by atomic mass is 10.2. The molecule has 0 radical (unpaired) electrons. The highest BCUT2D eigenvalue weighted by Gasteiger charge is 2.24. The first kappa shape index (κ1) is 24.5. The molecule has 2 aromatic rings. The lowest BCUT2D eigenvalue weighted by Crippen LogP contribution is -2.38. The Balaban J connectivity index is 1.98. The van der Waals surface area contributed by atoms with E-state index >= 15 is 0 Å². The highest BCUT2D eigenvalue weighted by Crippen LogP contribution is 2.30. The van der Waals surface area contributed by atoms with Crippen molar-refractivity contribution in [3.8, 4) is 11.5 Å². The molecular weight excluding hydrogens is 418 g/mol. The monoisotopic (exact) mass is 449 g/mol. The molecular formula is C22H31N3O5S. The van der Waals surface area contributed by atoms with Crippen LogP contribution in [0.1, 0.15) is 19.4 Å². The highest BCUT2D eigenvalue weighted by molar-refractivity contribution is 7.89. The number of methoxy groups -OCH3 is 2. The van der Waals surface area contributed by atoms with Crippen molar-refractivity contribution in [2.24, 2.45) is 0 Å². The molecule has 0 unspecified atom stereocenters. The van der Waals surface area contributed by atoms with Crippen LogP contribution in [0.5, 0.6) is 11.5 Å². The van der Waals surface area contributed by atoms with Gasteiger partial charge in [0.15, 0.2) is 11.5 Å². The summed E-state index contributed by atoms with van der Waals surface area (Å²) in [4.78, 5) is 14.6. The van der Waals surface area contributed by atoms with Gasteiger partial charge in [-0.25, -0.2) is 8.42 Å². The van der Waals surface area contributed by atoms with Gasteiger partial charge in [0.05, 0.1) is 25.7 Å². The predicted octanol–water partition coefficient (Wildman–Crippen LogP) is 2.49. The molecule has 0 atom stereocenters. The van der Waals surface area contributed by atoms with E-state index in [-0.39, 0.29) is 17.3 Å². The first-order chi connectivity index (χ1) is 14.8. The third-order valence-electron chi connectivity index (χ3n) is 4.98. The number of hydrogen-bond acceptors (Lipinski definition) is 6. The van der Waals surface area contributed by atoms with Gasteiger partial charge in [-0.15, -0.1) is 0 Å². The van der Waals surface area contributed by atoms with Gasteiger partial charge in [0, 0.05) is 38.4 Å². The van der Waals surface area contributed by atoms with Gasteiger partial charge < -0.3 is 19.7 Å². The molecule has 0 aliphatic rings. The fraction of sp³-hybridized carbons (Fsp3) is 0.409. The van der Waals surface area contributed by atoms with E-state index < -0.39 is 10.0 Å². The Hall–Kier alpha value is -2.78. The number of ether oxygens (including phenoxy) is 2. The van der Waals surface area contributed by atoms with Crippen molar-refractivity contribution in [1.82, 2.24) is 9.62 Å². The number of nitrogens with zero attached hydrogens (tertiary/aromatic N) is 2. The molecule has 9 heteroatoms. The quantitative estimate of drug-likeness (QED) is 0.567. The Kier molecular flexibility index (Phi) is 8.70. The van der Waals surface area contributed by atoms with E-state index in [9.17, 15) is 13.2 Å². The molecule has 0 saturated carbocycles. The molecule has 0 aliphatic carbocycles. The third-order valence-corrected chi connectivity index (χ3v) is 6.78. The minimum absolute atomic E-state index is 0.0208.